The molecule has 0 spiro atoms. The normalized spacial score (nSPS) is 10.8. The van der Waals surface area contributed by atoms with Crippen LogP contribution in [0.5, 0.6) is 11.5 Å². The summed E-state index contributed by atoms with van der Waals surface area (Å²) in [7, 11) is -2.96. The molecule has 0 aliphatic carbocycles. The first-order valence-electron chi connectivity index (χ1n) is 9.36. The zero-order valence-electron chi connectivity index (χ0n) is 17.0. The van der Waals surface area contributed by atoms with Crippen molar-refractivity contribution in [2.45, 2.75) is 4.90 Å². The van der Waals surface area contributed by atoms with Crippen LogP contribution in [0.1, 0.15) is 10.4 Å². The lowest BCUT2D eigenvalue weighted by Crippen LogP contribution is -2.29. The van der Waals surface area contributed by atoms with Crippen molar-refractivity contribution in [3.05, 3.63) is 71.2 Å². The number of nitrogens with two attached hydrogens (primary N) is 1. The molecule has 0 aliphatic heterocycles. The molecule has 0 bridgehead atoms. The van der Waals surface area contributed by atoms with E-state index in [2.05, 4.69) is 22.2 Å². The lowest BCUT2D eigenvalue weighted by Gasteiger charge is -2.15. The van der Waals surface area contributed by atoms with Gasteiger partial charge in [-0.25, -0.2) is 8.42 Å². The Morgan fingerprint density at radius 1 is 1.19 bits per heavy atom. The number of carbonyl (C=O) groups is 1. The number of halogens is 1. The minimum atomic E-state index is -4.36. The van der Waals surface area contributed by atoms with Crippen LogP contribution in [0.4, 0.5) is 5.69 Å². The Bertz CT molecular complexity index is 1230. The number of amides is 1. The van der Waals surface area contributed by atoms with E-state index in [1.54, 1.807) is 36.4 Å². The first-order chi connectivity index (χ1) is 15.3. The highest BCUT2D eigenvalue weighted by Crippen LogP contribution is 2.36. The summed E-state index contributed by atoms with van der Waals surface area (Å²) in [6.07, 6.45) is 0. The summed E-state index contributed by atoms with van der Waals surface area (Å²) in [6, 6.07) is 18.0. The molecule has 3 aromatic rings. The summed E-state index contributed by atoms with van der Waals surface area (Å²) in [4.78, 5) is 11.7. The van der Waals surface area contributed by atoms with Gasteiger partial charge >= 0.3 is 0 Å². The van der Waals surface area contributed by atoms with Crippen molar-refractivity contribution >= 4 is 33.2 Å². The van der Waals surface area contributed by atoms with Crippen molar-refractivity contribution in [1.29, 1.82) is 0 Å². The van der Waals surface area contributed by atoms with Gasteiger partial charge in [-0.1, -0.05) is 29.8 Å². The lowest BCUT2D eigenvalue weighted by molar-refractivity contribution is 0.0954. The Hall–Kier alpha value is -3.45. The topological polar surface area (TPSA) is 131 Å². The molecule has 8 nitrogen and oxygen atoms in total. The van der Waals surface area contributed by atoms with Gasteiger partial charge < -0.3 is 20.9 Å². The van der Waals surface area contributed by atoms with Gasteiger partial charge in [0.25, 0.3) is 15.9 Å². The number of ether oxygens (including phenoxy) is 1. The highest BCUT2D eigenvalue weighted by Gasteiger charge is 2.25. The Morgan fingerprint density at radius 2 is 1.97 bits per heavy atom. The van der Waals surface area contributed by atoms with E-state index < -0.39 is 26.6 Å². The van der Waals surface area contributed by atoms with E-state index in [1.165, 1.54) is 13.2 Å². The molecular weight excluding hydrogens is 454 g/mol. The largest absolute Gasteiger partial charge is 0.505 e. The third kappa shape index (κ3) is 5.06. The van der Waals surface area contributed by atoms with Crippen molar-refractivity contribution in [2.24, 2.45) is 5.73 Å². The first kappa shape index (κ1) is 23.2. The molecule has 5 N–H and O–H groups in total. The van der Waals surface area contributed by atoms with E-state index in [0.717, 1.165) is 11.6 Å². The van der Waals surface area contributed by atoms with E-state index in [-0.39, 0.29) is 35.1 Å². The van der Waals surface area contributed by atoms with Gasteiger partial charge in [-0.05, 0) is 53.6 Å². The summed E-state index contributed by atoms with van der Waals surface area (Å²) < 4.78 is 33.9. The van der Waals surface area contributed by atoms with Crippen LogP contribution in [-0.4, -0.2) is 39.6 Å². The maximum atomic E-state index is 13.1. The number of aromatic hydroxyl groups is 1. The molecule has 3 aromatic carbocycles. The van der Waals surface area contributed by atoms with Crippen molar-refractivity contribution in [3.8, 4) is 22.6 Å². The van der Waals surface area contributed by atoms with Crippen LogP contribution in [0.3, 0.4) is 0 Å². The van der Waals surface area contributed by atoms with Gasteiger partial charge in [-0.2, -0.15) is 0 Å². The minimum absolute atomic E-state index is 0.0431. The van der Waals surface area contributed by atoms with Gasteiger partial charge in [0.1, 0.15) is 10.6 Å². The number of phenolic OH excluding ortho intramolecular Hbond substituents is 1. The number of carbonyl (C=O) groups excluding carboxylic acids is 1. The molecule has 0 saturated heterocycles. The standard InChI is InChI=1S/C22H20ClN3O5S/c1-31-19-8-7-15(14-5-3-2-4-6-14)12-18(19)26-32(29,30)20-13-16(11-17(23)21(20)27)22(28)25-10-9-24/h3,5-8,11-13,26-27H,9-10,24H2,1H3,(H,25,28). The van der Waals surface area contributed by atoms with Crippen molar-refractivity contribution in [3.63, 3.8) is 0 Å². The third-order valence-electron chi connectivity index (χ3n) is 4.44. The zero-order chi connectivity index (χ0) is 23.3. The summed E-state index contributed by atoms with van der Waals surface area (Å²) in [6.45, 7) is 0.397. The van der Waals surface area contributed by atoms with Crippen molar-refractivity contribution in [1.82, 2.24) is 5.32 Å². The predicted molar refractivity (Wildman–Crippen MR) is 121 cm³/mol. The molecule has 0 unspecified atom stereocenters. The van der Waals surface area contributed by atoms with Crippen LogP contribution in [0, 0.1) is 12.1 Å². The van der Waals surface area contributed by atoms with Crippen LogP contribution in [0.15, 0.2) is 53.4 Å². The second-order valence-corrected chi connectivity index (χ2v) is 8.65. The van der Waals surface area contributed by atoms with Gasteiger partial charge in [0.05, 0.1) is 17.8 Å². The second kappa shape index (κ2) is 9.78. The summed E-state index contributed by atoms with van der Waals surface area (Å²) in [5.41, 5.74) is 6.95. The van der Waals surface area contributed by atoms with E-state index in [1.807, 2.05) is 0 Å². The SMILES string of the molecule is COc1ccc(-c2cc#ccc2)cc1NS(=O)(=O)c1cc(C(=O)NCCN)cc(Cl)c1O. The number of nitrogens with one attached hydrogen (secondary N) is 2. The van der Waals surface area contributed by atoms with Gasteiger partial charge in [0.15, 0.2) is 5.75 Å². The molecular formula is C22H20ClN3O5S. The van der Waals surface area contributed by atoms with E-state index in [0.29, 0.717) is 5.56 Å². The van der Waals surface area contributed by atoms with Crippen molar-refractivity contribution < 1.29 is 23.1 Å². The molecule has 166 valence electrons. The Labute approximate surface area is 191 Å². The molecule has 0 saturated carbocycles. The fraction of sp³-hybridized carbons (Fsp3) is 0.136. The number of hydrogen-bond acceptors (Lipinski definition) is 6. The average molecular weight is 474 g/mol. The number of sulfonamides is 1. The second-order valence-electron chi connectivity index (χ2n) is 6.59. The number of benzene rings is 2. The molecule has 0 fully saturated rings. The summed E-state index contributed by atoms with van der Waals surface area (Å²) in [5.74, 6) is -1.01. The first-order valence-corrected chi connectivity index (χ1v) is 11.2. The highest BCUT2D eigenvalue weighted by atomic mass is 35.5. The van der Waals surface area contributed by atoms with E-state index in [4.69, 9.17) is 22.1 Å². The fourth-order valence-corrected chi connectivity index (χ4v) is 4.37. The van der Waals surface area contributed by atoms with Crippen LogP contribution in [-0.2, 0) is 10.0 Å². The summed E-state index contributed by atoms with van der Waals surface area (Å²) >= 11 is 5.99. The Balaban J connectivity index is 2.02. The number of rotatable bonds is 8. The number of phenols is 1. The van der Waals surface area contributed by atoms with Crippen molar-refractivity contribution in [2.75, 3.05) is 24.9 Å². The average Bonchev–Trinajstić information content (AvgIpc) is 2.79. The molecule has 32 heavy (non-hydrogen) atoms. The minimum Gasteiger partial charge on any atom is -0.505 e. The molecule has 0 radical (unpaired) electrons. The molecule has 10 heteroatoms. The van der Waals surface area contributed by atoms with Crippen LogP contribution >= 0.6 is 11.6 Å². The predicted octanol–water partition coefficient (Wildman–Crippen LogP) is 2.81. The van der Waals surface area contributed by atoms with Gasteiger partial charge in [0, 0.05) is 18.7 Å². The van der Waals surface area contributed by atoms with E-state index in [9.17, 15) is 18.3 Å². The van der Waals surface area contributed by atoms with Crippen LogP contribution in [0.25, 0.3) is 11.1 Å². The molecule has 0 atom stereocenters. The Morgan fingerprint density at radius 3 is 2.62 bits per heavy atom. The van der Waals surface area contributed by atoms with Gasteiger partial charge in [-0.3, -0.25) is 9.52 Å². The lowest BCUT2D eigenvalue weighted by atomic mass is 10.1. The molecule has 0 aliphatic rings. The smallest absolute Gasteiger partial charge is 0.265 e. The van der Waals surface area contributed by atoms with E-state index >= 15 is 0 Å². The quantitative estimate of drug-likeness (QED) is 0.398. The summed E-state index contributed by atoms with van der Waals surface area (Å²) in [5, 5.41) is 12.5. The molecule has 0 aromatic heterocycles. The Kier molecular flexibility index (Phi) is 7.10. The maximum absolute atomic E-state index is 13.1. The molecule has 0 heterocycles. The van der Waals surface area contributed by atoms with Crippen LogP contribution in [0.2, 0.25) is 5.02 Å². The third-order valence-corrected chi connectivity index (χ3v) is 6.11. The number of anilines is 1. The maximum Gasteiger partial charge on any atom is 0.265 e. The van der Waals surface area contributed by atoms with Gasteiger partial charge in [-0.15, -0.1) is 0 Å². The highest BCUT2D eigenvalue weighted by molar-refractivity contribution is 7.92. The fourth-order valence-electron chi connectivity index (χ4n) is 2.89. The number of hydrogen-bond donors (Lipinski definition) is 4. The number of methoxy groups -OCH3 is 1. The monoisotopic (exact) mass is 473 g/mol. The molecule has 1 amide bonds. The van der Waals surface area contributed by atoms with Crippen LogP contribution < -0.4 is 20.5 Å². The molecule has 3 rings (SSSR count). The zero-order valence-corrected chi connectivity index (χ0v) is 18.5. The van der Waals surface area contributed by atoms with Gasteiger partial charge in [0.2, 0.25) is 0 Å².